The molecule has 0 aliphatic carbocycles. The molecule has 0 unspecified atom stereocenters. The summed E-state index contributed by atoms with van der Waals surface area (Å²) in [7, 11) is 0. The second-order valence-corrected chi connectivity index (χ2v) is 8.28. The summed E-state index contributed by atoms with van der Waals surface area (Å²) < 4.78 is 16.4. The minimum absolute atomic E-state index is 0.270. The van der Waals surface area contributed by atoms with Crippen LogP contribution in [0.3, 0.4) is 0 Å². The summed E-state index contributed by atoms with van der Waals surface area (Å²) in [6.45, 7) is 4.49. The summed E-state index contributed by atoms with van der Waals surface area (Å²) in [4.78, 5) is 24.3. The van der Waals surface area contributed by atoms with E-state index in [0.717, 1.165) is 38.2 Å². The molecule has 0 N–H and O–H groups in total. The maximum Gasteiger partial charge on any atom is 0.352 e. The van der Waals surface area contributed by atoms with Crippen molar-refractivity contribution in [2.75, 3.05) is 0 Å². The average molecular weight is 419 g/mol. The Morgan fingerprint density at radius 1 is 1.17 bits per heavy atom. The van der Waals surface area contributed by atoms with Crippen molar-refractivity contribution in [1.82, 2.24) is 24.1 Å². The van der Waals surface area contributed by atoms with E-state index in [-0.39, 0.29) is 11.5 Å². The smallest absolute Gasteiger partial charge is 0.278 e. The number of hydrogen-bond acceptors (Lipinski definition) is 5. The fourth-order valence-electron chi connectivity index (χ4n) is 3.75. The van der Waals surface area contributed by atoms with Crippen LogP contribution in [0.25, 0.3) is 27.3 Å². The highest BCUT2D eigenvalue weighted by Crippen LogP contribution is 2.33. The average Bonchev–Trinajstić information content (AvgIpc) is 3.34. The van der Waals surface area contributed by atoms with Gasteiger partial charge in [-0.3, -0.25) is 9.55 Å². The van der Waals surface area contributed by atoms with Crippen LogP contribution in [0.2, 0.25) is 0 Å². The van der Waals surface area contributed by atoms with Crippen molar-refractivity contribution < 1.29 is 4.39 Å². The van der Waals surface area contributed by atoms with Crippen molar-refractivity contribution >= 4 is 27.2 Å². The van der Waals surface area contributed by atoms with Gasteiger partial charge in [0.15, 0.2) is 11.5 Å². The molecular formula is C22H18FN5OS. The van der Waals surface area contributed by atoms with E-state index in [1.807, 2.05) is 12.1 Å². The molecule has 150 valence electrons. The molecule has 1 aromatic carbocycles. The fourth-order valence-corrected chi connectivity index (χ4v) is 4.98. The maximum atomic E-state index is 13.4. The summed E-state index contributed by atoms with van der Waals surface area (Å²) in [6.07, 6.45) is 4.19. The maximum absolute atomic E-state index is 13.4. The van der Waals surface area contributed by atoms with Crippen LogP contribution in [0.15, 0.2) is 53.6 Å². The van der Waals surface area contributed by atoms with Crippen LogP contribution in [0.4, 0.5) is 4.39 Å². The fraction of sp³-hybridized carbons (Fsp3) is 0.182. The SMILES string of the molecule is CCc1c(C)sc2c1c1nc(-c3cccnc3)nn1c(=O)n2Cc1ccc(F)cc1. The molecule has 0 aliphatic heterocycles. The van der Waals surface area contributed by atoms with Gasteiger partial charge in [-0.2, -0.15) is 4.52 Å². The first-order valence-corrected chi connectivity index (χ1v) is 10.4. The standard InChI is InChI=1S/C22H18FN5OS/c1-3-17-13(2)30-21-18(17)20-25-19(15-5-4-10-24-11-15)26-28(20)22(29)27(21)12-14-6-8-16(23)9-7-14/h4-11H,3,12H2,1-2H3. The molecule has 5 aromatic rings. The summed E-state index contributed by atoms with van der Waals surface area (Å²) in [5.74, 6) is 0.163. The van der Waals surface area contributed by atoms with Crippen molar-refractivity contribution in [2.24, 2.45) is 0 Å². The van der Waals surface area contributed by atoms with E-state index >= 15 is 0 Å². The Bertz CT molecular complexity index is 1430. The van der Waals surface area contributed by atoms with Gasteiger partial charge in [0.1, 0.15) is 10.6 Å². The van der Waals surface area contributed by atoms with Gasteiger partial charge in [-0.1, -0.05) is 19.1 Å². The number of benzene rings is 1. The van der Waals surface area contributed by atoms with E-state index in [1.165, 1.54) is 16.6 Å². The third-order valence-electron chi connectivity index (χ3n) is 5.21. The third-order valence-corrected chi connectivity index (χ3v) is 6.38. The first-order valence-electron chi connectivity index (χ1n) is 9.63. The normalized spacial score (nSPS) is 11.6. The van der Waals surface area contributed by atoms with E-state index < -0.39 is 0 Å². The lowest BCUT2D eigenvalue weighted by Gasteiger charge is -2.09. The van der Waals surface area contributed by atoms with Crippen LogP contribution < -0.4 is 5.69 Å². The Labute approximate surface area is 175 Å². The monoisotopic (exact) mass is 419 g/mol. The van der Waals surface area contributed by atoms with Gasteiger partial charge in [-0.15, -0.1) is 16.4 Å². The molecule has 0 bridgehead atoms. The van der Waals surface area contributed by atoms with Gasteiger partial charge in [-0.25, -0.2) is 14.2 Å². The van der Waals surface area contributed by atoms with Gasteiger partial charge in [0.2, 0.25) is 0 Å². The second kappa shape index (κ2) is 7.14. The number of aromatic nitrogens is 5. The number of nitrogens with zero attached hydrogens (tertiary/aromatic N) is 5. The molecule has 0 aliphatic rings. The van der Waals surface area contributed by atoms with Crippen LogP contribution in [-0.4, -0.2) is 24.1 Å². The van der Waals surface area contributed by atoms with Crippen LogP contribution in [0, 0.1) is 12.7 Å². The molecule has 0 atom stereocenters. The Kier molecular flexibility index (Phi) is 4.43. The van der Waals surface area contributed by atoms with Crippen LogP contribution in [-0.2, 0) is 13.0 Å². The molecule has 6 nitrogen and oxygen atoms in total. The van der Waals surface area contributed by atoms with Crippen LogP contribution >= 0.6 is 11.3 Å². The summed E-state index contributed by atoms with van der Waals surface area (Å²) in [5, 5.41) is 5.46. The molecule has 0 saturated carbocycles. The zero-order valence-electron chi connectivity index (χ0n) is 16.5. The van der Waals surface area contributed by atoms with E-state index in [2.05, 4.69) is 23.9 Å². The molecular weight excluding hydrogens is 401 g/mol. The lowest BCUT2D eigenvalue weighted by Crippen LogP contribution is -2.28. The van der Waals surface area contributed by atoms with Crippen LogP contribution in [0.5, 0.6) is 0 Å². The minimum Gasteiger partial charge on any atom is -0.278 e. The van der Waals surface area contributed by atoms with Crippen LogP contribution in [0.1, 0.15) is 22.9 Å². The number of thiophene rings is 1. The Morgan fingerprint density at radius 2 is 1.97 bits per heavy atom. The van der Waals surface area contributed by atoms with Gasteiger partial charge in [0.05, 0.1) is 11.9 Å². The lowest BCUT2D eigenvalue weighted by molar-refractivity contribution is 0.626. The molecule has 8 heteroatoms. The predicted octanol–water partition coefficient (Wildman–Crippen LogP) is 4.23. The van der Waals surface area contributed by atoms with Gasteiger partial charge in [-0.05, 0) is 48.7 Å². The highest BCUT2D eigenvalue weighted by Gasteiger charge is 2.21. The summed E-state index contributed by atoms with van der Waals surface area (Å²) in [5.41, 5.74) is 3.05. The molecule has 0 radical (unpaired) electrons. The van der Waals surface area contributed by atoms with E-state index in [1.54, 1.807) is 40.4 Å². The number of pyridine rings is 1. The number of rotatable bonds is 4. The largest absolute Gasteiger partial charge is 0.352 e. The highest BCUT2D eigenvalue weighted by atomic mass is 32.1. The van der Waals surface area contributed by atoms with E-state index in [0.29, 0.717) is 18.0 Å². The molecule has 4 heterocycles. The van der Waals surface area contributed by atoms with Gasteiger partial charge in [0, 0.05) is 22.8 Å². The van der Waals surface area contributed by atoms with E-state index in [9.17, 15) is 9.18 Å². The lowest BCUT2D eigenvalue weighted by atomic mass is 10.1. The summed E-state index contributed by atoms with van der Waals surface area (Å²) >= 11 is 1.58. The van der Waals surface area contributed by atoms with Crippen molar-refractivity contribution in [3.8, 4) is 11.4 Å². The first kappa shape index (κ1) is 18.6. The summed E-state index contributed by atoms with van der Waals surface area (Å²) in [6, 6.07) is 9.89. The van der Waals surface area contributed by atoms with Crippen molar-refractivity contribution in [3.63, 3.8) is 0 Å². The topological polar surface area (TPSA) is 65.1 Å². The van der Waals surface area contributed by atoms with Gasteiger partial charge in [0.25, 0.3) is 0 Å². The Balaban J connectivity index is 1.82. The number of fused-ring (bicyclic) bond motifs is 3. The Hall–Kier alpha value is -3.39. The molecule has 0 saturated heterocycles. The van der Waals surface area contributed by atoms with Crippen molar-refractivity contribution in [3.05, 3.63) is 81.1 Å². The molecule has 0 fully saturated rings. The number of hydrogen-bond donors (Lipinski definition) is 0. The number of aryl methyl sites for hydroxylation is 2. The molecule has 0 spiro atoms. The number of halogens is 1. The van der Waals surface area contributed by atoms with E-state index in [4.69, 9.17) is 4.98 Å². The van der Waals surface area contributed by atoms with Crippen molar-refractivity contribution in [1.29, 1.82) is 0 Å². The zero-order chi connectivity index (χ0) is 20.8. The molecule has 5 rings (SSSR count). The van der Waals surface area contributed by atoms with Gasteiger partial charge >= 0.3 is 5.69 Å². The molecule has 4 aromatic heterocycles. The highest BCUT2D eigenvalue weighted by molar-refractivity contribution is 7.19. The predicted molar refractivity (Wildman–Crippen MR) is 115 cm³/mol. The third kappa shape index (κ3) is 2.91. The van der Waals surface area contributed by atoms with Gasteiger partial charge < -0.3 is 0 Å². The second-order valence-electron chi connectivity index (χ2n) is 7.08. The van der Waals surface area contributed by atoms with Crippen molar-refractivity contribution in [2.45, 2.75) is 26.8 Å². The quantitative estimate of drug-likeness (QED) is 0.437. The first-order chi connectivity index (χ1) is 14.6. The zero-order valence-corrected chi connectivity index (χ0v) is 17.3. The Morgan fingerprint density at radius 3 is 2.67 bits per heavy atom. The minimum atomic E-state index is -0.302. The molecule has 30 heavy (non-hydrogen) atoms. The molecule has 0 amide bonds.